The highest BCUT2D eigenvalue weighted by molar-refractivity contribution is 5.92. The van der Waals surface area contributed by atoms with Crippen molar-refractivity contribution < 1.29 is 4.79 Å². The van der Waals surface area contributed by atoms with E-state index in [1.54, 1.807) is 19.1 Å². The van der Waals surface area contributed by atoms with Gasteiger partial charge in [-0.2, -0.15) is 5.26 Å². The second kappa shape index (κ2) is 5.11. The number of amides is 1. The molecular formula is C11H13N3O. The first-order valence-electron chi connectivity index (χ1n) is 4.75. The number of pyridine rings is 1. The Labute approximate surface area is 88.9 Å². The van der Waals surface area contributed by atoms with Gasteiger partial charge in [-0.1, -0.05) is 6.07 Å². The molecule has 0 saturated heterocycles. The number of aryl methyl sites for hydroxylation is 1. The van der Waals surface area contributed by atoms with Crippen LogP contribution < -0.4 is 5.32 Å². The molecule has 1 heterocycles. The van der Waals surface area contributed by atoms with Crippen molar-refractivity contribution in [3.8, 4) is 6.07 Å². The number of nitriles is 1. The Balaban J connectivity index is 2.59. The number of nitrogens with one attached hydrogen (secondary N) is 1. The van der Waals surface area contributed by atoms with Gasteiger partial charge < -0.3 is 5.32 Å². The smallest absolute Gasteiger partial charge is 0.269 e. The molecule has 0 saturated carbocycles. The lowest BCUT2D eigenvalue weighted by Crippen LogP contribution is -2.28. The van der Waals surface area contributed by atoms with E-state index >= 15 is 0 Å². The first-order chi connectivity index (χ1) is 7.13. The van der Waals surface area contributed by atoms with E-state index in [-0.39, 0.29) is 11.8 Å². The predicted molar refractivity (Wildman–Crippen MR) is 56.1 cm³/mol. The van der Waals surface area contributed by atoms with Gasteiger partial charge in [0.15, 0.2) is 0 Å². The van der Waals surface area contributed by atoms with E-state index in [0.29, 0.717) is 12.2 Å². The molecular weight excluding hydrogens is 190 g/mol. The standard InChI is InChI=1S/C11H13N3O/c1-8(6-12)7-13-11(15)10-5-3-4-9(2)14-10/h3-5,8H,7H2,1-2H3,(H,13,15). The summed E-state index contributed by atoms with van der Waals surface area (Å²) >= 11 is 0. The van der Waals surface area contributed by atoms with Crippen molar-refractivity contribution in [1.82, 2.24) is 10.3 Å². The second-order valence-corrected chi connectivity index (χ2v) is 3.40. The summed E-state index contributed by atoms with van der Waals surface area (Å²) in [6.45, 7) is 3.93. The van der Waals surface area contributed by atoms with Crippen LogP contribution in [0.5, 0.6) is 0 Å². The van der Waals surface area contributed by atoms with Crippen LogP contribution in [0, 0.1) is 24.2 Å². The van der Waals surface area contributed by atoms with Crippen LogP contribution in [-0.2, 0) is 0 Å². The first kappa shape index (κ1) is 11.2. The Bertz CT molecular complexity index is 395. The van der Waals surface area contributed by atoms with E-state index in [9.17, 15) is 4.79 Å². The lowest BCUT2D eigenvalue weighted by atomic mass is 10.2. The number of hydrogen-bond acceptors (Lipinski definition) is 3. The molecule has 4 nitrogen and oxygen atoms in total. The van der Waals surface area contributed by atoms with Gasteiger partial charge in [-0.25, -0.2) is 4.98 Å². The topological polar surface area (TPSA) is 65.8 Å². The number of hydrogen-bond donors (Lipinski definition) is 1. The first-order valence-corrected chi connectivity index (χ1v) is 4.75. The van der Waals surface area contributed by atoms with Crippen LogP contribution in [0.4, 0.5) is 0 Å². The summed E-state index contributed by atoms with van der Waals surface area (Å²) in [5.74, 6) is -0.417. The molecule has 0 fully saturated rings. The number of carbonyl (C=O) groups is 1. The van der Waals surface area contributed by atoms with Crippen molar-refractivity contribution in [2.45, 2.75) is 13.8 Å². The average molecular weight is 203 g/mol. The van der Waals surface area contributed by atoms with Gasteiger partial charge in [-0.3, -0.25) is 4.79 Å². The van der Waals surface area contributed by atoms with Gasteiger partial charge in [0.2, 0.25) is 0 Å². The molecule has 1 atom stereocenters. The summed E-state index contributed by atoms with van der Waals surface area (Å²) in [6.07, 6.45) is 0. The third kappa shape index (κ3) is 3.39. The SMILES string of the molecule is Cc1cccc(C(=O)NCC(C)C#N)n1. The number of rotatable bonds is 3. The van der Waals surface area contributed by atoms with E-state index in [2.05, 4.69) is 10.3 Å². The minimum absolute atomic E-state index is 0.182. The highest BCUT2D eigenvalue weighted by Gasteiger charge is 2.08. The van der Waals surface area contributed by atoms with Crippen molar-refractivity contribution in [3.05, 3.63) is 29.6 Å². The molecule has 0 bridgehead atoms. The zero-order valence-corrected chi connectivity index (χ0v) is 8.82. The van der Waals surface area contributed by atoms with E-state index in [1.807, 2.05) is 19.1 Å². The Kier molecular flexibility index (Phi) is 3.81. The molecule has 0 radical (unpaired) electrons. The fourth-order valence-electron chi connectivity index (χ4n) is 1.05. The van der Waals surface area contributed by atoms with Crippen molar-refractivity contribution in [1.29, 1.82) is 5.26 Å². The highest BCUT2D eigenvalue weighted by atomic mass is 16.1. The molecule has 1 aromatic heterocycles. The van der Waals surface area contributed by atoms with Gasteiger partial charge in [-0.05, 0) is 26.0 Å². The fourth-order valence-corrected chi connectivity index (χ4v) is 1.05. The van der Waals surface area contributed by atoms with Crippen molar-refractivity contribution in [2.75, 3.05) is 6.54 Å². The summed E-state index contributed by atoms with van der Waals surface area (Å²) in [5.41, 5.74) is 1.19. The third-order valence-electron chi connectivity index (χ3n) is 1.91. The van der Waals surface area contributed by atoms with Crippen molar-refractivity contribution >= 4 is 5.91 Å². The normalized spacial score (nSPS) is 11.5. The monoisotopic (exact) mass is 203 g/mol. The molecule has 0 aromatic carbocycles. The lowest BCUT2D eigenvalue weighted by Gasteiger charge is -2.05. The molecule has 4 heteroatoms. The maximum absolute atomic E-state index is 11.5. The fraction of sp³-hybridized carbons (Fsp3) is 0.364. The van der Waals surface area contributed by atoms with E-state index < -0.39 is 0 Å². The number of aromatic nitrogens is 1. The number of carbonyl (C=O) groups excluding carboxylic acids is 1. The molecule has 1 amide bonds. The maximum atomic E-state index is 11.5. The van der Waals surface area contributed by atoms with Crippen LogP contribution >= 0.6 is 0 Å². The van der Waals surface area contributed by atoms with Crippen LogP contribution in [0.2, 0.25) is 0 Å². The molecule has 78 valence electrons. The van der Waals surface area contributed by atoms with E-state index in [1.165, 1.54) is 0 Å². The quantitative estimate of drug-likeness (QED) is 0.804. The minimum Gasteiger partial charge on any atom is -0.349 e. The summed E-state index contributed by atoms with van der Waals surface area (Å²) in [5, 5.41) is 11.2. The van der Waals surface area contributed by atoms with Gasteiger partial charge in [0.05, 0.1) is 12.0 Å². The van der Waals surface area contributed by atoms with Crippen LogP contribution in [0.1, 0.15) is 23.1 Å². The van der Waals surface area contributed by atoms with Gasteiger partial charge in [0.25, 0.3) is 5.91 Å². The lowest BCUT2D eigenvalue weighted by molar-refractivity contribution is 0.0945. The Morgan fingerprint density at radius 2 is 2.40 bits per heavy atom. The van der Waals surface area contributed by atoms with E-state index in [0.717, 1.165) is 5.69 Å². The predicted octanol–water partition coefficient (Wildman–Crippen LogP) is 1.28. The average Bonchev–Trinajstić information content (AvgIpc) is 2.25. The highest BCUT2D eigenvalue weighted by Crippen LogP contribution is 1.98. The van der Waals surface area contributed by atoms with Gasteiger partial charge in [-0.15, -0.1) is 0 Å². The minimum atomic E-state index is -0.235. The van der Waals surface area contributed by atoms with Crippen LogP contribution in [0.15, 0.2) is 18.2 Å². The Morgan fingerprint density at radius 3 is 3.00 bits per heavy atom. The summed E-state index contributed by atoms with van der Waals surface area (Å²) in [7, 11) is 0. The van der Waals surface area contributed by atoms with Gasteiger partial charge >= 0.3 is 0 Å². The van der Waals surface area contributed by atoms with E-state index in [4.69, 9.17) is 5.26 Å². The molecule has 1 rings (SSSR count). The van der Waals surface area contributed by atoms with Crippen molar-refractivity contribution in [3.63, 3.8) is 0 Å². The van der Waals surface area contributed by atoms with Crippen LogP contribution in [-0.4, -0.2) is 17.4 Å². The van der Waals surface area contributed by atoms with Crippen LogP contribution in [0.25, 0.3) is 0 Å². The van der Waals surface area contributed by atoms with Gasteiger partial charge in [0, 0.05) is 12.2 Å². The summed E-state index contributed by atoms with van der Waals surface area (Å²) in [4.78, 5) is 15.6. The molecule has 1 aromatic rings. The van der Waals surface area contributed by atoms with Gasteiger partial charge in [0.1, 0.15) is 5.69 Å². The molecule has 1 N–H and O–H groups in total. The third-order valence-corrected chi connectivity index (χ3v) is 1.91. The van der Waals surface area contributed by atoms with Crippen LogP contribution in [0.3, 0.4) is 0 Å². The zero-order chi connectivity index (χ0) is 11.3. The number of nitrogens with zero attached hydrogens (tertiary/aromatic N) is 2. The molecule has 0 aliphatic heterocycles. The Morgan fingerprint density at radius 1 is 1.67 bits per heavy atom. The molecule has 0 aliphatic rings. The molecule has 0 spiro atoms. The Hall–Kier alpha value is -1.89. The largest absolute Gasteiger partial charge is 0.349 e. The second-order valence-electron chi connectivity index (χ2n) is 3.40. The molecule has 0 aliphatic carbocycles. The summed E-state index contributed by atoms with van der Waals surface area (Å²) in [6, 6.07) is 7.31. The maximum Gasteiger partial charge on any atom is 0.269 e. The van der Waals surface area contributed by atoms with Crippen molar-refractivity contribution in [2.24, 2.45) is 5.92 Å². The molecule has 15 heavy (non-hydrogen) atoms. The zero-order valence-electron chi connectivity index (χ0n) is 8.82. The summed E-state index contributed by atoms with van der Waals surface area (Å²) < 4.78 is 0. The molecule has 1 unspecified atom stereocenters.